The van der Waals surface area contributed by atoms with Gasteiger partial charge < -0.3 is 9.73 Å². The van der Waals surface area contributed by atoms with Crippen molar-refractivity contribution in [2.75, 3.05) is 5.32 Å². The molecule has 1 heterocycles. The van der Waals surface area contributed by atoms with Crippen molar-refractivity contribution in [3.63, 3.8) is 0 Å². The minimum absolute atomic E-state index is 0.0221. The first kappa shape index (κ1) is 15.0. The molecule has 3 rings (SSSR count). The number of benzene rings is 2. The van der Waals surface area contributed by atoms with Gasteiger partial charge in [0, 0.05) is 18.8 Å². The van der Waals surface area contributed by atoms with E-state index < -0.39 is 17.4 Å². The molecule has 118 valence electrons. The zero-order valence-electron chi connectivity index (χ0n) is 12.1. The average molecular weight is 318 g/mol. The molecule has 2 aromatic carbocycles. The standard InChI is InChI=1S/C16H12F2N2O3/c1-20-13-6-9(2-5-14(13)23-16(20)22)7-15(21)19-10-3-4-11(17)12(18)8-10/h2-6,8H,7H2,1H3,(H,19,21). The number of hydrogen-bond acceptors (Lipinski definition) is 3. The number of fused-ring (bicyclic) bond motifs is 1. The number of halogens is 2. The monoisotopic (exact) mass is 318 g/mol. The van der Waals surface area contributed by atoms with E-state index in [1.54, 1.807) is 25.2 Å². The van der Waals surface area contributed by atoms with Crippen LogP contribution in [0.5, 0.6) is 0 Å². The zero-order chi connectivity index (χ0) is 16.6. The van der Waals surface area contributed by atoms with E-state index in [0.29, 0.717) is 16.7 Å². The maximum Gasteiger partial charge on any atom is 0.419 e. The van der Waals surface area contributed by atoms with Crippen LogP contribution < -0.4 is 11.1 Å². The Balaban J connectivity index is 1.78. The summed E-state index contributed by atoms with van der Waals surface area (Å²) in [6.07, 6.45) is 0.0221. The second-order valence-electron chi connectivity index (χ2n) is 5.08. The van der Waals surface area contributed by atoms with E-state index >= 15 is 0 Å². The SMILES string of the molecule is Cn1c(=O)oc2ccc(CC(=O)Nc3ccc(F)c(F)c3)cc21. The summed E-state index contributed by atoms with van der Waals surface area (Å²) in [5.74, 6) is -2.88. The minimum atomic E-state index is -1.03. The van der Waals surface area contributed by atoms with Crippen molar-refractivity contribution in [3.8, 4) is 0 Å². The molecule has 0 radical (unpaired) electrons. The van der Waals surface area contributed by atoms with Crippen molar-refractivity contribution >= 4 is 22.7 Å². The number of aromatic nitrogens is 1. The molecule has 0 aliphatic rings. The molecule has 0 aliphatic heterocycles. The van der Waals surface area contributed by atoms with Gasteiger partial charge in [0.1, 0.15) is 0 Å². The molecule has 1 amide bonds. The van der Waals surface area contributed by atoms with Crippen LogP contribution in [0.25, 0.3) is 11.1 Å². The van der Waals surface area contributed by atoms with Crippen molar-refractivity contribution in [1.82, 2.24) is 4.57 Å². The van der Waals surface area contributed by atoms with E-state index in [0.717, 1.165) is 12.1 Å². The smallest absolute Gasteiger partial charge is 0.408 e. The van der Waals surface area contributed by atoms with E-state index in [2.05, 4.69) is 5.32 Å². The van der Waals surface area contributed by atoms with Crippen LogP contribution in [0.2, 0.25) is 0 Å². The number of aryl methyl sites for hydroxylation is 1. The van der Waals surface area contributed by atoms with Gasteiger partial charge in [-0.25, -0.2) is 13.6 Å². The van der Waals surface area contributed by atoms with Crippen LogP contribution in [0.3, 0.4) is 0 Å². The molecule has 1 N–H and O–H groups in total. The maximum absolute atomic E-state index is 13.1. The van der Waals surface area contributed by atoms with Gasteiger partial charge in [-0.1, -0.05) is 6.07 Å². The summed E-state index contributed by atoms with van der Waals surface area (Å²) in [4.78, 5) is 23.4. The van der Waals surface area contributed by atoms with E-state index in [-0.39, 0.29) is 18.0 Å². The van der Waals surface area contributed by atoms with Crippen molar-refractivity contribution in [3.05, 3.63) is 64.1 Å². The summed E-state index contributed by atoms with van der Waals surface area (Å²) in [6, 6.07) is 8.08. The molecule has 0 aliphatic carbocycles. The van der Waals surface area contributed by atoms with Crippen LogP contribution in [-0.2, 0) is 18.3 Å². The van der Waals surface area contributed by atoms with Gasteiger partial charge in [0.25, 0.3) is 0 Å². The Kier molecular flexibility index (Phi) is 3.69. The Morgan fingerprint density at radius 3 is 2.70 bits per heavy atom. The van der Waals surface area contributed by atoms with Gasteiger partial charge in [0.05, 0.1) is 11.9 Å². The molecule has 0 fully saturated rings. The molecule has 1 aromatic heterocycles. The summed E-state index contributed by atoms with van der Waals surface area (Å²) in [5.41, 5.74) is 1.84. The lowest BCUT2D eigenvalue weighted by Crippen LogP contribution is -2.14. The normalized spacial score (nSPS) is 10.9. The molecule has 0 spiro atoms. The quantitative estimate of drug-likeness (QED) is 0.807. The highest BCUT2D eigenvalue weighted by Crippen LogP contribution is 2.16. The van der Waals surface area contributed by atoms with E-state index in [9.17, 15) is 18.4 Å². The van der Waals surface area contributed by atoms with E-state index in [1.165, 1.54) is 10.6 Å². The number of hydrogen-bond donors (Lipinski definition) is 1. The van der Waals surface area contributed by atoms with E-state index in [1.807, 2.05) is 0 Å². The summed E-state index contributed by atoms with van der Waals surface area (Å²) < 4.78 is 32.3. The zero-order valence-corrected chi connectivity index (χ0v) is 12.1. The summed E-state index contributed by atoms with van der Waals surface area (Å²) in [7, 11) is 1.57. The fourth-order valence-electron chi connectivity index (χ4n) is 2.25. The lowest BCUT2D eigenvalue weighted by atomic mass is 10.1. The first-order valence-corrected chi connectivity index (χ1v) is 6.77. The third kappa shape index (κ3) is 2.98. The first-order valence-electron chi connectivity index (χ1n) is 6.77. The van der Waals surface area contributed by atoms with Crippen molar-refractivity contribution in [2.45, 2.75) is 6.42 Å². The highest BCUT2D eigenvalue weighted by atomic mass is 19.2. The van der Waals surface area contributed by atoms with Crippen LogP contribution in [-0.4, -0.2) is 10.5 Å². The highest BCUT2D eigenvalue weighted by Gasteiger charge is 2.10. The van der Waals surface area contributed by atoms with Gasteiger partial charge in [0.2, 0.25) is 5.91 Å². The first-order chi connectivity index (χ1) is 10.9. The topological polar surface area (TPSA) is 64.2 Å². The molecular formula is C16H12F2N2O3. The molecule has 0 saturated carbocycles. The number of rotatable bonds is 3. The Morgan fingerprint density at radius 1 is 1.17 bits per heavy atom. The second kappa shape index (κ2) is 5.68. The molecule has 3 aromatic rings. The van der Waals surface area contributed by atoms with Gasteiger partial charge in [-0.3, -0.25) is 9.36 Å². The Hall–Kier alpha value is -2.96. The fraction of sp³-hybridized carbons (Fsp3) is 0.125. The number of oxazole rings is 1. The third-order valence-corrected chi connectivity index (χ3v) is 3.42. The fourth-order valence-corrected chi connectivity index (χ4v) is 2.25. The molecular weight excluding hydrogens is 306 g/mol. The second-order valence-corrected chi connectivity index (χ2v) is 5.08. The van der Waals surface area contributed by atoms with Crippen LogP contribution in [0.1, 0.15) is 5.56 Å². The molecule has 5 nitrogen and oxygen atoms in total. The van der Waals surface area contributed by atoms with Gasteiger partial charge in [-0.2, -0.15) is 0 Å². The van der Waals surface area contributed by atoms with Crippen LogP contribution in [0, 0.1) is 11.6 Å². The lowest BCUT2D eigenvalue weighted by molar-refractivity contribution is -0.115. The number of nitrogens with zero attached hydrogens (tertiary/aromatic N) is 1. The van der Waals surface area contributed by atoms with Crippen LogP contribution in [0.15, 0.2) is 45.6 Å². The Labute approximate surface area is 129 Å². The average Bonchev–Trinajstić information content (AvgIpc) is 2.78. The summed E-state index contributed by atoms with van der Waals surface area (Å²) in [6.45, 7) is 0. The number of amides is 1. The van der Waals surface area contributed by atoms with Crippen LogP contribution in [0.4, 0.5) is 14.5 Å². The number of nitrogens with one attached hydrogen (secondary N) is 1. The van der Waals surface area contributed by atoms with Crippen molar-refractivity contribution < 1.29 is 18.0 Å². The molecule has 0 bridgehead atoms. The number of anilines is 1. The molecule has 0 atom stereocenters. The predicted molar refractivity (Wildman–Crippen MR) is 80.1 cm³/mol. The third-order valence-electron chi connectivity index (χ3n) is 3.42. The number of carbonyl (C=O) groups is 1. The van der Waals surface area contributed by atoms with Gasteiger partial charge >= 0.3 is 5.76 Å². The largest absolute Gasteiger partial charge is 0.419 e. The van der Waals surface area contributed by atoms with Gasteiger partial charge in [-0.15, -0.1) is 0 Å². The lowest BCUT2D eigenvalue weighted by Gasteiger charge is -2.06. The van der Waals surface area contributed by atoms with Crippen molar-refractivity contribution in [2.24, 2.45) is 7.05 Å². The Morgan fingerprint density at radius 2 is 1.96 bits per heavy atom. The Bertz CT molecular complexity index is 960. The van der Waals surface area contributed by atoms with Gasteiger partial charge in [-0.05, 0) is 29.8 Å². The predicted octanol–water partition coefficient (Wildman–Crippen LogP) is 2.59. The summed E-state index contributed by atoms with van der Waals surface area (Å²) >= 11 is 0. The molecule has 0 unspecified atom stereocenters. The van der Waals surface area contributed by atoms with Crippen LogP contribution >= 0.6 is 0 Å². The molecule has 23 heavy (non-hydrogen) atoms. The molecule has 7 heteroatoms. The maximum atomic E-state index is 13.1. The van der Waals surface area contributed by atoms with Gasteiger partial charge in [0.15, 0.2) is 17.2 Å². The number of carbonyl (C=O) groups excluding carboxylic acids is 1. The van der Waals surface area contributed by atoms with E-state index in [4.69, 9.17) is 4.42 Å². The highest BCUT2D eigenvalue weighted by molar-refractivity contribution is 5.92. The molecule has 0 saturated heterocycles. The van der Waals surface area contributed by atoms with Crippen molar-refractivity contribution in [1.29, 1.82) is 0 Å². The summed E-state index contributed by atoms with van der Waals surface area (Å²) in [5, 5.41) is 2.49. The minimum Gasteiger partial charge on any atom is -0.408 e.